The van der Waals surface area contributed by atoms with E-state index in [1.807, 2.05) is 48.5 Å². The molecular weight excluding hydrogens is 412 g/mol. The Morgan fingerprint density at radius 2 is 1.69 bits per heavy atom. The van der Waals surface area contributed by atoms with Crippen molar-refractivity contribution in [2.75, 3.05) is 19.7 Å². The number of carbonyl (C=O) groups excluding carboxylic acids is 2. The molecule has 1 saturated heterocycles. The first-order valence-electron chi connectivity index (χ1n) is 10.7. The third-order valence-electron chi connectivity index (χ3n) is 6.02. The lowest BCUT2D eigenvalue weighted by molar-refractivity contribution is -0.143. The largest absolute Gasteiger partial charge is 0.481 e. The second-order valence-electron chi connectivity index (χ2n) is 8.20. The lowest BCUT2D eigenvalue weighted by Crippen LogP contribution is -2.53. The number of aliphatic carboxylic acids is 1. The third kappa shape index (κ3) is 4.60. The van der Waals surface area contributed by atoms with E-state index in [9.17, 15) is 24.6 Å². The number of alkyl carbamates (subject to hydrolysis) is 1. The second-order valence-corrected chi connectivity index (χ2v) is 8.20. The quantitative estimate of drug-likeness (QED) is 0.638. The summed E-state index contributed by atoms with van der Waals surface area (Å²) in [5.74, 6) is -1.88. The van der Waals surface area contributed by atoms with Gasteiger partial charge in [0.1, 0.15) is 12.6 Å². The van der Waals surface area contributed by atoms with Crippen molar-refractivity contribution < 1.29 is 29.3 Å². The molecule has 1 fully saturated rings. The van der Waals surface area contributed by atoms with Gasteiger partial charge in [0, 0.05) is 19.0 Å². The molecule has 2 aromatic carbocycles. The zero-order valence-electron chi connectivity index (χ0n) is 17.6. The van der Waals surface area contributed by atoms with E-state index >= 15 is 0 Å². The molecule has 1 aliphatic carbocycles. The SMILES string of the molecule is O=C(O)CC(NC(=O)OCC1c2ccccc2-c2ccccc21)C(=O)N1CCCC(O)C1. The number of aliphatic hydroxyl groups is 1. The number of carboxylic acids is 1. The highest BCUT2D eigenvalue weighted by atomic mass is 16.5. The number of likely N-dealkylation sites (tertiary alicyclic amines) is 1. The molecule has 2 aromatic rings. The molecule has 0 spiro atoms. The van der Waals surface area contributed by atoms with Crippen LogP contribution in [0.25, 0.3) is 11.1 Å². The van der Waals surface area contributed by atoms with Gasteiger partial charge in [0.05, 0.1) is 12.5 Å². The Hall–Kier alpha value is -3.39. The minimum atomic E-state index is -1.26. The summed E-state index contributed by atoms with van der Waals surface area (Å²) in [7, 11) is 0. The van der Waals surface area contributed by atoms with Gasteiger partial charge in [-0.3, -0.25) is 9.59 Å². The summed E-state index contributed by atoms with van der Waals surface area (Å²) in [6.45, 7) is 0.607. The monoisotopic (exact) mass is 438 g/mol. The van der Waals surface area contributed by atoms with Gasteiger partial charge in [-0.25, -0.2) is 4.79 Å². The van der Waals surface area contributed by atoms with E-state index in [4.69, 9.17) is 4.74 Å². The highest BCUT2D eigenvalue weighted by Gasteiger charge is 2.33. The van der Waals surface area contributed by atoms with E-state index in [2.05, 4.69) is 5.32 Å². The van der Waals surface area contributed by atoms with Crippen LogP contribution in [-0.2, 0) is 14.3 Å². The minimum absolute atomic E-state index is 0.0657. The molecule has 2 aliphatic rings. The van der Waals surface area contributed by atoms with Gasteiger partial charge in [0.2, 0.25) is 5.91 Å². The zero-order valence-corrected chi connectivity index (χ0v) is 17.6. The van der Waals surface area contributed by atoms with Crippen LogP contribution in [0.15, 0.2) is 48.5 Å². The first kappa shape index (κ1) is 21.8. The van der Waals surface area contributed by atoms with Crippen molar-refractivity contribution in [1.82, 2.24) is 10.2 Å². The van der Waals surface area contributed by atoms with Crippen LogP contribution in [0.1, 0.15) is 36.3 Å². The molecule has 8 nitrogen and oxygen atoms in total. The fourth-order valence-electron chi connectivity index (χ4n) is 4.53. The fraction of sp³-hybridized carbons (Fsp3) is 0.375. The van der Waals surface area contributed by atoms with Crippen LogP contribution in [0.4, 0.5) is 4.79 Å². The normalized spacial score (nSPS) is 18.4. The lowest BCUT2D eigenvalue weighted by atomic mass is 9.98. The number of carboxylic acid groups (broad SMARTS) is 1. The second kappa shape index (κ2) is 9.40. The number of aliphatic hydroxyl groups excluding tert-OH is 1. The van der Waals surface area contributed by atoms with Crippen molar-refractivity contribution in [3.8, 4) is 11.1 Å². The van der Waals surface area contributed by atoms with Crippen molar-refractivity contribution in [1.29, 1.82) is 0 Å². The maximum Gasteiger partial charge on any atom is 0.407 e. The smallest absolute Gasteiger partial charge is 0.407 e. The van der Waals surface area contributed by atoms with E-state index in [0.717, 1.165) is 22.3 Å². The molecule has 0 saturated carbocycles. The predicted octanol–water partition coefficient (Wildman–Crippen LogP) is 2.35. The number of fused-ring (bicyclic) bond motifs is 3. The summed E-state index contributed by atoms with van der Waals surface area (Å²) < 4.78 is 5.45. The van der Waals surface area contributed by atoms with Gasteiger partial charge in [0.25, 0.3) is 0 Å². The van der Waals surface area contributed by atoms with Gasteiger partial charge in [-0.05, 0) is 35.1 Å². The van der Waals surface area contributed by atoms with Crippen LogP contribution in [0.2, 0.25) is 0 Å². The van der Waals surface area contributed by atoms with Crippen molar-refractivity contribution >= 4 is 18.0 Å². The number of hydrogen-bond acceptors (Lipinski definition) is 5. The van der Waals surface area contributed by atoms with E-state index in [1.165, 1.54) is 4.90 Å². The summed E-state index contributed by atoms with van der Waals surface area (Å²) in [6.07, 6.45) is -0.836. The van der Waals surface area contributed by atoms with Crippen LogP contribution in [0.5, 0.6) is 0 Å². The number of ether oxygens (including phenoxy) is 1. The van der Waals surface area contributed by atoms with Gasteiger partial charge in [0.15, 0.2) is 0 Å². The summed E-state index contributed by atoms with van der Waals surface area (Å²) in [4.78, 5) is 38.0. The van der Waals surface area contributed by atoms with E-state index in [-0.39, 0.29) is 19.1 Å². The van der Waals surface area contributed by atoms with Crippen LogP contribution in [-0.4, -0.2) is 64.9 Å². The van der Waals surface area contributed by atoms with Crippen LogP contribution in [0.3, 0.4) is 0 Å². The maximum absolute atomic E-state index is 12.8. The molecule has 1 heterocycles. The molecular formula is C24H26N2O6. The van der Waals surface area contributed by atoms with Gasteiger partial charge in [-0.15, -0.1) is 0 Å². The molecule has 168 valence electrons. The summed E-state index contributed by atoms with van der Waals surface area (Å²) in [6, 6.07) is 14.6. The number of amides is 2. The predicted molar refractivity (Wildman–Crippen MR) is 116 cm³/mol. The molecule has 3 N–H and O–H groups in total. The highest BCUT2D eigenvalue weighted by molar-refractivity contribution is 5.89. The first-order chi connectivity index (χ1) is 15.4. The Morgan fingerprint density at radius 1 is 1.06 bits per heavy atom. The molecule has 1 aliphatic heterocycles. The highest BCUT2D eigenvalue weighted by Crippen LogP contribution is 2.44. The first-order valence-corrected chi connectivity index (χ1v) is 10.7. The summed E-state index contributed by atoms with van der Waals surface area (Å²) >= 11 is 0. The van der Waals surface area contributed by atoms with E-state index in [1.54, 1.807) is 0 Å². The number of hydrogen-bond donors (Lipinski definition) is 3. The molecule has 0 bridgehead atoms. The molecule has 32 heavy (non-hydrogen) atoms. The summed E-state index contributed by atoms with van der Waals surface area (Å²) in [5, 5.41) is 21.4. The van der Waals surface area contributed by atoms with E-state index in [0.29, 0.717) is 19.4 Å². The van der Waals surface area contributed by atoms with Gasteiger partial charge < -0.3 is 25.2 Å². The third-order valence-corrected chi connectivity index (χ3v) is 6.02. The van der Waals surface area contributed by atoms with Crippen LogP contribution < -0.4 is 5.32 Å². The van der Waals surface area contributed by atoms with Crippen LogP contribution in [0, 0.1) is 0 Å². The zero-order chi connectivity index (χ0) is 22.7. The average Bonchev–Trinajstić information content (AvgIpc) is 3.10. The number of benzene rings is 2. The fourth-order valence-corrected chi connectivity index (χ4v) is 4.53. The molecule has 0 radical (unpaired) electrons. The number of piperidine rings is 1. The molecule has 0 aromatic heterocycles. The number of carbonyl (C=O) groups is 3. The standard InChI is InChI=1S/C24H26N2O6/c27-15-6-5-11-26(13-15)23(30)21(12-22(28)29)25-24(31)32-14-20-18-9-3-1-7-16(18)17-8-2-4-10-19(17)20/h1-4,7-10,15,20-21,27H,5-6,11-14H2,(H,25,31)(H,28,29). The summed E-state index contributed by atoms with van der Waals surface area (Å²) in [5.41, 5.74) is 4.31. The van der Waals surface area contributed by atoms with Gasteiger partial charge in [-0.1, -0.05) is 48.5 Å². The minimum Gasteiger partial charge on any atom is -0.481 e. The van der Waals surface area contributed by atoms with Crippen molar-refractivity contribution in [2.45, 2.75) is 37.3 Å². The molecule has 2 amide bonds. The molecule has 4 rings (SSSR count). The Bertz CT molecular complexity index is 978. The Balaban J connectivity index is 1.43. The van der Waals surface area contributed by atoms with Gasteiger partial charge >= 0.3 is 12.1 Å². The number of β-amino-alcohol motifs (C(OH)–C–C–N with tert-alkyl or cyclic N) is 1. The molecule has 2 atom stereocenters. The molecule has 2 unspecified atom stereocenters. The van der Waals surface area contributed by atoms with E-state index < -0.39 is 36.5 Å². The van der Waals surface area contributed by atoms with Crippen molar-refractivity contribution in [2.24, 2.45) is 0 Å². The Morgan fingerprint density at radius 3 is 2.28 bits per heavy atom. The topological polar surface area (TPSA) is 116 Å². The van der Waals surface area contributed by atoms with Crippen molar-refractivity contribution in [3.05, 3.63) is 59.7 Å². The average molecular weight is 438 g/mol. The number of rotatable bonds is 6. The number of nitrogens with zero attached hydrogens (tertiary/aromatic N) is 1. The number of nitrogens with one attached hydrogen (secondary N) is 1. The van der Waals surface area contributed by atoms with Crippen molar-refractivity contribution in [3.63, 3.8) is 0 Å². The van der Waals surface area contributed by atoms with Gasteiger partial charge in [-0.2, -0.15) is 0 Å². The lowest BCUT2D eigenvalue weighted by Gasteiger charge is -2.32. The molecule has 8 heteroatoms. The Kier molecular flexibility index (Phi) is 6.41. The van der Waals surface area contributed by atoms with Crippen LogP contribution >= 0.6 is 0 Å². The Labute approximate surface area is 185 Å². The maximum atomic E-state index is 12.8.